The Labute approximate surface area is 143 Å². The number of rotatable bonds is 4. The van der Waals surface area contributed by atoms with Gasteiger partial charge in [0.2, 0.25) is 0 Å². The van der Waals surface area contributed by atoms with Gasteiger partial charge in [0.15, 0.2) is 0 Å². The first kappa shape index (κ1) is 16.0. The highest BCUT2D eigenvalue weighted by molar-refractivity contribution is 6.30. The second kappa shape index (κ2) is 7.10. The van der Waals surface area contributed by atoms with E-state index in [1.54, 1.807) is 54.6 Å². The number of hydrogen-bond donors (Lipinski definition) is 2. The normalized spacial score (nSPS) is 10.2. The van der Waals surface area contributed by atoms with E-state index in [2.05, 4.69) is 15.6 Å². The molecular weight excluding hydrogens is 329 g/mol. The molecular formula is C18H13ClFN3O. The lowest BCUT2D eigenvalue weighted by Gasteiger charge is -2.08. The van der Waals surface area contributed by atoms with Gasteiger partial charge >= 0.3 is 0 Å². The fourth-order valence-electron chi connectivity index (χ4n) is 2.05. The molecule has 0 atom stereocenters. The van der Waals surface area contributed by atoms with E-state index in [1.165, 1.54) is 12.3 Å². The minimum Gasteiger partial charge on any atom is -0.352 e. The molecule has 4 nitrogen and oxygen atoms in total. The summed E-state index contributed by atoms with van der Waals surface area (Å²) in [6, 6.07) is 16.2. The van der Waals surface area contributed by atoms with Crippen LogP contribution in [0.25, 0.3) is 0 Å². The molecule has 0 bridgehead atoms. The summed E-state index contributed by atoms with van der Waals surface area (Å²) in [5.41, 5.74) is 1.46. The average Bonchev–Trinajstić information content (AvgIpc) is 2.59. The summed E-state index contributed by atoms with van der Waals surface area (Å²) in [6.07, 6.45) is 1.52. The third-order valence-corrected chi connectivity index (χ3v) is 3.52. The fraction of sp³-hybridized carbons (Fsp3) is 0. The van der Waals surface area contributed by atoms with Gasteiger partial charge in [-0.2, -0.15) is 0 Å². The number of aromatic nitrogens is 1. The lowest BCUT2D eigenvalue weighted by Crippen LogP contribution is -2.12. The smallest absolute Gasteiger partial charge is 0.256 e. The van der Waals surface area contributed by atoms with Crippen molar-refractivity contribution in [2.75, 3.05) is 10.6 Å². The molecule has 6 heteroatoms. The first-order chi connectivity index (χ1) is 11.6. The molecule has 0 spiro atoms. The predicted octanol–water partition coefficient (Wildman–Crippen LogP) is 4.87. The SMILES string of the molecule is O=C(Nc1ccc(Nc2ccccc2F)cn1)c1ccc(Cl)cc1. The zero-order chi connectivity index (χ0) is 16.9. The molecule has 0 aliphatic rings. The van der Waals surface area contributed by atoms with Gasteiger partial charge in [-0.25, -0.2) is 9.37 Å². The minimum absolute atomic E-state index is 0.283. The zero-order valence-corrected chi connectivity index (χ0v) is 13.2. The number of pyridine rings is 1. The Morgan fingerprint density at radius 3 is 2.42 bits per heavy atom. The van der Waals surface area contributed by atoms with Crippen LogP contribution in [0.5, 0.6) is 0 Å². The van der Waals surface area contributed by atoms with Gasteiger partial charge in [0.1, 0.15) is 11.6 Å². The van der Waals surface area contributed by atoms with Crippen LogP contribution in [-0.4, -0.2) is 10.9 Å². The molecule has 0 aliphatic heterocycles. The number of halogens is 2. The third-order valence-electron chi connectivity index (χ3n) is 3.26. The van der Waals surface area contributed by atoms with Crippen molar-refractivity contribution in [1.82, 2.24) is 4.98 Å². The van der Waals surface area contributed by atoms with E-state index in [1.807, 2.05) is 0 Å². The lowest BCUT2D eigenvalue weighted by atomic mass is 10.2. The molecule has 3 rings (SSSR count). The molecule has 120 valence electrons. The molecule has 0 aliphatic carbocycles. The minimum atomic E-state index is -0.349. The van der Waals surface area contributed by atoms with E-state index >= 15 is 0 Å². The molecule has 2 N–H and O–H groups in total. The van der Waals surface area contributed by atoms with Crippen LogP contribution in [0.1, 0.15) is 10.4 Å². The first-order valence-electron chi connectivity index (χ1n) is 7.16. The third kappa shape index (κ3) is 3.88. The fourth-order valence-corrected chi connectivity index (χ4v) is 2.18. The van der Waals surface area contributed by atoms with Gasteiger partial charge in [0, 0.05) is 10.6 Å². The monoisotopic (exact) mass is 341 g/mol. The molecule has 3 aromatic rings. The van der Waals surface area contributed by atoms with E-state index < -0.39 is 0 Å². The molecule has 0 saturated heterocycles. The summed E-state index contributed by atoms with van der Waals surface area (Å²) >= 11 is 5.79. The molecule has 2 aromatic carbocycles. The molecule has 0 fully saturated rings. The number of carbonyl (C=O) groups is 1. The molecule has 1 amide bonds. The van der Waals surface area contributed by atoms with Gasteiger partial charge in [-0.15, -0.1) is 0 Å². The van der Waals surface area contributed by atoms with Gasteiger partial charge in [0.05, 0.1) is 17.6 Å². The van der Waals surface area contributed by atoms with Crippen LogP contribution in [0.3, 0.4) is 0 Å². The summed E-state index contributed by atoms with van der Waals surface area (Å²) < 4.78 is 13.6. The lowest BCUT2D eigenvalue weighted by molar-refractivity contribution is 0.102. The van der Waals surface area contributed by atoms with Crippen LogP contribution < -0.4 is 10.6 Å². The van der Waals surface area contributed by atoms with Crippen molar-refractivity contribution in [2.24, 2.45) is 0 Å². The van der Waals surface area contributed by atoms with Gasteiger partial charge in [-0.05, 0) is 48.5 Å². The van der Waals surface area contributed by atoms with Crippen molar-refractivity contribution in [1.29, 1.82) is 0 Å². The first-order valence-corrected chi connectivity index (χ1v) is 7.54. The molecule has 24 heavy (non-hydrogen) atoms. The van der Waals surface area contributed by atoms with Crippen LogP contribution in [0.4, 0.5) is 21.6 Å². The van der Waals surface area contributed by atoms with E-state index in [4.69, 9.17) is 11.6 Å². The van der Waals surface area contributed by atoms with Gasteiger partial charge < -0.3 is 10.6 Å². The Hall–Kier alpha value is -2.92. The Kier molecular flexibility index (Phi) is 4.72. The van der Waals surface area contributed by atoms with Gasteiger partial charge in [-0.3, -0.25) is 4.79 Å². The van der Waals surface area contributed by atoms with Gasteiger partial charge in [-0.1, -0.05) is 23.7 Å². The van der Waals surface area contributed by atoms with Crippen LogP contribution in [0.15, 0.2) is 66.9 Å². The molecule has 0 unspecified atom stereocenters. The summed E-state index contributed by atoms with van der Waals surface area (Å²) in [4.78, 5) is 16.2. The van der Waals surface area contributed by atoms with E-state index in [-0.39, 0.29) is 11.7 Å². The number of anilines is 3. The van der Waals surface area contributed by atoms with Crippen LogP contribution in [-0.2, 0) is 0 Å². The van der Waals surface area contributed by atoms with E-state index in [9.17, 15) is 9.18 Å². The second-order valence-corrected chi connectivity index (χ2v) is 5.43. The maximum absolute atomic E-state index is 13.6. The van der Waals surface area contributed by atoms with Crippen molar-refractivity contribution in [2.45, 2.75) is 0 Å². The predicted molar refractivity (Wildman–Crippen MR) is 93.3 cm³/mol. The van der Waals surface area contributed by atoms with E-state index in [0.717, 1.165) is 0 Å². The maximum atomic E-state index is 13.6. The van der Waals surface area contributed by atoms with Crippen LogP contribution in [0, 0.1) is 5.82 Å². The molecule has 0 saturated carbocycles. The summed E-state index contributed by atoms with van der Waals surface area (Å²) in [6.45, 7) is 0. The zero-order valence-electron chi connectivity index (χ0n) is 12.5. The topological polar surface area (TPSA) is 54.0 Å². The van der Waals surface area contributed by atoms with Crippen molar-refractivity contribution < 1.29 is 9.18 Å². The maximum Gasteiger partial charge on any atom is 0.256 e. The second-order valence-electron chi connectivity index (χ2n) is 5.00. The Balaban J connectivity index is 1.67. The summed E-state index contributed by atoms with van der Waals surface area (Å²) in [5.74, 6) is -0.236. The number of carbonyl (C=O) groups excluding carboxylic acids is 1. The number of benzene rings is 2. The Morgan fingerprint density at radius 2 is 1.75 bits per heavy atom. The highest BCUT2D eigenvalue weighted by Gasteiger charge is 2.07. The highest BCUT2D eigenvalue weighted by atomic mass is 35.5. The Bertz CT molecular complexity index is 851. The van der Waals surface area contributed by atoms with E-state index in [0.29, 0.717) is 27.8 Å². The Morgan fingerprint density at radius 1 is 1.00 bits per heavy atom. The highest BCUT2D eigenvalue weighted by Crippen LogP contribution is 2.20. The van der Waals surface area contributed by atoms with Crippen molar-refractivity contribution >= 4 is 34.7 Å². The van der Waals surface area contributed by atoms with Crippen LogP contribution in [0.2, 0.25) is 5.02 Å². The summed E-state index contributed by atoms with van der Waals surface area (Å²) in [5, 5.41) is 6.17. The molecule has 1 aromatic heterocycles. The number of para-hydroxylation sites is 1. The van der Waals surface area contributed by atoms with Gasteiger partial charge in [0.25, 0.3) is 5.91 Å². The average molecular weight is 342 g/mol. The quantitative estimate of drug-likeness (QED) is 0.711. The number of nitrogens with one attached hydrogen (secondary N) is 2. The number of hydrogen-bond acceptors (Lipinski definition) is 3. The largest absolute Gasteiger partial charge is 0.352 e. The molecule has 0 radical (unpaired) electrons. The van der Waals surface area contributed by atoms with Crippen molar-refractivity contribution in [3.8, 4) is 0 Å². The molecule has 1 heterocycles. The van der Waals surface area contributed by atoms with Crippen LogP contribution >= 0.6 is 11.6 Å². The number of nitrogens with zero attached hydrogens (tertiary/aromatic N) is 1. The standard InChI is InChI=1S/C18H13ClFN3O/c19-13-7-5-12(6-8-13)18(24)23-17-10-9-14(11-21-17)22-16-4-2-1-3-15(16)20/h1-11,22H,(H,21,23,24). The van der Waals surface area contributed by atoms with Crippen molar-refractivity contribution in [3.63, 3.8) is 0 Å². The summed E-state index contributed by atoms with van der Waals surface area (Å²) in [7, 11) is 0. The van der Waals surface area contributed by atoms with Crippen molar-refractivity contribution in [3.05, 3.63) is 83.3 Å². The number of amides is 1.